The molecule has 0 saturated carbocycles. The summed E-state index contributed by atoms with van der Waals surface area (Å²) in [6.45, 7) is 2.84. The molecule has 7 nitrogen and oxygen atoms in total. The Labute approximate surface area is 138 Å². The predicted molar refractivity (Wildman–Crippen MR) is 90.8 cm³/mol. The van der Waals surface area contributed by atoms with Crippen molar-refractivity contribution in [2.75, 3.05) is 6.54 Å². The maximum absolute atomic E-state index is 4.77. The topological polar surface area (TPSA) is 76.3 Å². The molecule has 0 aliphatic carbocycles. The third-order valence-electron chi connectivity index (χ3n) is 4.46. The van der Waals surface area contributed by atoms with Gasteiger partial charge in [0.1, 0.15) is 5.69 Å². The van der Waals surface area contributed by atoms with E-state index in [1.54, 1.807) is 0 Å². The lowest BCUT2D eigenvalue weighted by Crippen LogP contribution is -2.11. The third-order valence-corrected chi connectivity index (χ3v) is 4.46. The molecule has 4 aromatic rings. The molecule has 1 aliphatic heterocycles. The zero-order valence-corrected chi connectivity index (χ0v) is 13.1. The van der Waals surface area contributed by atoms with Gasteiger partial charge in [0, 0.05) is 36.6 Å². The molecule has 0 atom stereocenters. The van der Waals surface area contributed by atoms with E-state index in [0.717, 1.165) is 54.2 Å². The standard InChI is InChI=1S/C17H17N7/c1-4-18-11-14-9-16(22-24(14)6-1)17-19-5-7-23(17)13-2-3-15-12(8-13)10-20-21-15/h2-3,5,7-10,18H,1,4,6,11H2,(H,20,21). The molecule has 0 amide bonds. The van der Waals surface area contributed by atoms with Gasteiger partial charge < -0.3 is 5.32 Å². The van der Waals surface area contributed by atoms with Crippen LogP contribution < -0.4 is 5.32 Å². The van der Waals surface area contributed by atoms with Crippen molar-refractivity contribution in [1.82, 2.24) is 34.8 Å². The second-order valence-electron chi connectivity index (χ2n) is 6.04. The van der Waals surface area contributed by atoms with Crippen molar-refractivity contribution in [2.24, 2.45) is 0 Å². The molecular weight excluding hydrogens is 302 g/mol. The van der Waals surface area contributed by atoms with Gasteiger partial charge in [-0.2, -0.15) is 10.2 Å². The molecule has 0 spiro atoms. The van der Waals surface area contributed by atoms with Gasteiger partial charge in [0.25, 0.3) is 0 Å². The summed E-state index contributed by atoms with van der Waals surface area (Å²) in [6.07, 6.45) is 6.72. The van der Waals surface area contributed by atoms with Crippen LogP contribution in [0, 0.1) is 0 Å². The van der Waals surface area contributed by atoms with Crippen LogP contribution in [0.3, 0.4) is 0 Å². The number of hydrogen-bond donors (Lipinski definition) is 2. The Morgan fingerprint density at radius 1 is 1.17 bits per heavy atom. The van der Waals surface area contributed by atoms with E-state index >= 15 is 0 Å². The van der Waals surface area contributed by atoms with Gasteiger partial charge in [-0.15, -0.1) is 0 Å². The number of aromatic amines is 1. The number of imidazole rings is 1. The Bertz CT molecular complexity index is 983. The molecule has 24 heavy (non-hydrogen) atoms. The second kappa shape index (κ2) is 5.31. The fourth-order valence-corrected chi connectivity index (χ4v) is 3.25. The molecule has 1 aromatic carbocycles. The van der Waals surface area contributed by atoms with Gasteiger partial charge in [-0.3, -0.25) is 14.3 Å². The van der Waals surface area contributed by atoms with E-state index in [0.29, 0.717) is 0 Å². The third kappa shape index (κ3) is 2.13. The number of nitrogens with one attached hydrogen (secondary N) is 2. The van der Waals surface area contributed by atoms with Crippen LogP contribution in [0.5, 0.6) is 0 Å². The summed E-state index contributed by atoms with van der Waals surface area (Å²) in [4.78, 5) is 4.54. The molecule has 1 aliphatic rings. The van der Waals surface area contributed by atoms with Gasteiger partial charge in [-0.1, -0.05) is 0 Å². The summed E-state index contributed by atoms with van der Waals surface area (Å²) >= 11 is 0. The first kappa shape index (κ1) is 13.5. The Hall–Kier alpha value is -2.93. The summed E-state index contributed by atoms with van der Waals surface area (Å²) in [5, 5.41) is 16.3. The van der Waals surface area contributed by atoms with Crippen LogP contribution in [0.4, 0.5) is 0 Å². The Morgan fingerprint density at radius 3 is 3.17 bits per heavy atom. The number of fused-ring (bicyclic) bond motifs is 2. The van der Waals surface area contributed by atoms with Gasteiger partial charge in [0.15, 0.2) is 5.82 Å². The van der Waals surface area contributed by atoms with Crippen LogP contribution in [-0.2, 0) is 13.1 Å². The largest absolute Gasteiger partial charge is 0.311 e. The fourth-order valence-electron chi connectivity index (χ4n) is 3.25. The van der Waals surface area contributed by atoms with Crippen LogP contribution in [0.25, 0.3) is 28.1 Å². The minimum Gasteiger partial charge on any atom is -0.311 e. The summed E-state index contributed by atoms with van der Waals surface area (Å²) in [6, 6.07) is 8.34. The van der Waals surface area contributed by atoms with Crippen molar-refractivity contribution in [3.05, 3.63) is 48.5 Å². The maximum Gasteiger partial charge on any atom is 0.165 e. The summed E-state index contributed by atoms with van der Waals surface area (Å²) in [5.41, 5.74) is 4.20. The smallest absolute Gasteiger partial charge is 0.165 e. The molecule has 0 radical (unpaired) electrons. The minimum absolute atomic E-state index is 0.856. The second-order valence-corrected chi connectivity index (χ2v) is 6.04. The van der Waals surface area contributed by atoms with E-state index < -0.39 is 0 Å². The Kier molecular flexibility index (Phi) is 2.99. The molecule has 3 aromatic heterocycles. The summed E-state index contributed by atoms with van der Waals surface area (Å²) in [5.74, 6) is 0.860. The molecule has 4 heterocycles. The first-order chi connectivity index (χ1) is 11.9. The highest BCUT2D eigenvalue weighted by Crippen LogP contribution is 2.24. The summed E-state index contributed by atoms with van der Waals surface area (Å²) < 4.78 is 4.16. The Balaban J connectivity index is 1.59. The van der Waals surface area contributed by atoms with Crippen molar-refractivity contribution in [3.8, 4) is 17.2 Å². The minimum atomic E-state index is 0.856. The van der Waals surface area contributed by atoms with Crippen LogP contribution in [0.2, 0.25) is 0 Å². The van der Waals surface area contributed by atoms with Crippen LogP contribution in [0.15, 0.2) is 42.9 Å². The van der Waals surface area contributed by atoms with E-state index in [1.165, 1.54) is 5.69 Å². The number of hydrogen-bond acceptors (Lipinski definition) is 4. The van der Waals surface area contributed by atoms with E-state index in [1.807, 2.05) is 24.7 Å². The molecule has 0 saturated heterocycles. The van der Waals surface area contributed by atoms with Gasteiger partial charge >= 0.3 is 0 Å². The highest BCUT2D eigenvalue weighted by molar-refractivity contribution is 5.80. The van der Waals surface area contributed by atoms with Crippen molar-refractivity contribution >= 4 is 10.9 Å². The fraction of sp³-hybridized carbons (Fsp3) is 0.235. The quantitative estimate of drug-likeness (QED) is 0.593. The highest BCUT2D eigenvalue weighted by atomic mass is 15.3. The average molecular weight is 319 g/mol. The lowest BCUT2D eigenvalue weighted by atomic mass is 10.2. The molecule has 5 rings (SSSR count). The predicted octanol–water partition coefficient (Wildman–Crippen LogP) is 2.11. The van der Waals surface area contributed by atoms with Crippen molar-refractivity contribution in [1.29, 1.82) is 0 Å². The number of aromatic nitrogens is 6. The van der Waals surface area contributed by atoms with E-state index in [4.69, 9.17) is 5.10 Å². The van der Waals surface area contributed by atoms with Crippen LogP contribution >= 0.6 is 0 Å². The zero-order valence-electron chi connectivity index (χ0n) is 13.1. The van der Waals surface area contributed by atoms with Crippen LogP contribution in [0.1, 0.15) is 12.1 Å². The zero-order chi connectivity index (χ0) is 15.9. The van der Waals surface area contributed by atoms with Crippen molar-refractivity contribution in [2.45, 2.75) is 19.5 Å². The average Bonchev–Trinajstić information content (AvgIpc) is 3.31. The first-order valence-electron chi connectivity index (χ1n) is 8.13. The SMILES string of the molecule is c1cn(-c2ccc3[nH]ncc3c2)c(-c2cc3n(n2)CCCNC3)n1. The molecular formula is C17H17N7. The normalized spacial score (nSPS) is 14.7. The first-order valence-corrected chi connectivity index (χ1v) is 8.13. The molecule has 0 bridgehead atoms. The number of nitrogens with zero attached hydrogens (tertiary/aromatic N) is 5. The lowest BCUT2D eigenvalue weighted by Gasteiger charge is -2.06. The van der Waals surface area contributed by atoms with E-state index in [9.17, 15) is 0 Å². The van der Waals surface area contributed by atoms with Crippen molar-refractivity contribution < 1.29 is 0 Å². The monoisotopic (exact) mass is 319 g/mol. The molecule has 0 fully saturated rings. The molecule has 7 heteroatoms. The molecule has 120 valence electrons. The Morgan fingerprint density at radius 2 is 2.17 bits per heavy atom. The number of aryl methyl sites for hydroxylation is 1. The highest BCUT2D eigenvalue weighted by Gasteiger charge is 2.16. The number of H-pyrrole nitrogens is 1. The lowest BCUT2D eigenvalue weighted by molar-refractivity contribution is 0.588. The number of rotatable bonds is 2. The van der Waals surface area contributed by atoms with Gasteiger partial charge in [-0.05, 0) is 37.2 Å². The molecule has 0 unspecified atom stereocenters. The van der Waals surface area contributed by atoms with E-state index in [2.05, 4.69) is 47.9 Å². The summed E-state index contributed by atoms with van der Waals surface area (Å²) in [7, 11) is 0. The molecule has 2 N–H and O–H groups in total. The van der Waals surface area contributed by atoms with Gasteiger partial charge in [0.05, 0.1) is 17.4 Å². The van der Waals surface area contributed by atoms with Crippen LogP contribution in [-0.4, -0.2) is 36.1 Å². The maximum atomic E-state index is 4.77. The van der Waals surface area contributed by atoms with Gasteiger partial charge in [-0.25, -0.2) is 4.98 Å². The number of benzene rings is 1. The van der Waals surface area contributed by atoms with Crippen molar-refractivity contribution in [3.63, 3.8) is 0 Å². The van der Waals surface area contributed by atoms with Gasteiger partial charge in [0.2, 0.25) is 0 Å². The van der Waals surface area contributed by atoms with E-state index in [-0.39, 0.29) is 0 Å².